The number of thiazole rings is 1. The Labute approximate surface area is 173 Å². The van der Waals surface area contributed by atoms with Gasteiger partial charge in [0.1, 0.15) is 6.20 Å². The molecule has 2 N–H and O–H groups in total. The maximum Gasteiger partial charge on any atom is 0.321 e. The first-order valence-corrected chi connectivity index (χ1v) is 9.52. The summed E-state index contributed by atoms with van der Waals surface area (Å²) in [6, 6.07) is 4.71. The largest absolute Gasteiger partial charge is 0.334 e. The van der Waals surface area contributed by atoms with Gasteiger partial charge in [0.05, 0.1) is 22.3 Å². The number of carbonyl (C=O) groups is 2. The van der Waals surface area contributed by atoms with E-state index in [-0.39, 0.29) is 24.7 Å². The Morgan fingerprint density at radius 1 is 1.29 bits per heavy atom. The highest BCUT2D eigenvalue weighted by atomic mass is 35.5. The minimum absolute atomic E-state index is 0.109. The van der Waals surface area contributed by atoms with Crippen LogP contribution in [0.3, 0.4) is 0 Å². The number of nitrogens with zero attached hydrogens (tertiary/aromatic N) is 4. The lowest BCUT2D eigenvalue weighted by Gasteiger charge is -2.13. The van der Waals surface area contributed by atoms with Gasteiger partial charge in [-0.25, -0.2) is 14.4 Å². The molecule has 0 atom stereocenters. The standard InChI is InChI=1S/C16H14Cl2N6O3S/c1-24(14(25)13-6-20-27-23-13)7-10-8-28-16(21-10)22-15(26)19-5-9-2-3-11(17)12(18)4-9/h2-4,6,8H,5,7H2,1H3,(H2,19,21,22,26). The highest BCUT2D eigenvalue weighted by Crippen LogP contribution is 2.22. The molecule has 0 aliphatic rings. The fraction of sp³-hybridized carbons (Fsp3) is 0.188. The second-order valence-corrected chi connectivity index (χ2v) is 7.33. The Morgan fingerprint density at radius 3 is 2.82 bits per heavy atom. The topological polar surface area (TPSA) is 113 Å². The molecule has 28 heavy (non-hydrogen) atoms. The molecule has 0 spiro atoms. The number of amides is 3. The Hall–Kier alpha value is -2.69. The van der Waals surface area contributed by atoms with Crippen LogP contribution in [0.15, 0.2) is 34.4 Å². The van der Waals surface area contributed by atoms with Gasteiger partial charge < -0.3 is 10.2 Å². The monoisotopic (exact) mass is 440 g/mol. The molecule has 0 fully saturated rings. The van der Waals surface area contributed by atoms with Gasteiger partial charge in [-0.15, -0.1) is 11.3 Å². The number of urea groups is 1. The summed E-state index contributed by atoms with van der Waals surface area (Å²) in [6.45, 7) is 0.526. The zero-order valence-corrected chi connectivity index (χ0v) is 16.8. The van der Waals surface area contributed by atoms with Crippen molar-refractivity contribution in [1.82, 2.24) is 25.5 Å². The van der Waals surface area contributed by atoms with Gasteiger partial charge >= 0.3 is 6.03 Å². The molecule has 3 aromatic rings. The number of nitrogens with one attached hydrogen (secondary N) is 2. The minimum Gasteiger partial charge on any atom is -0.334 e. The first-order chi connectivity index (χ1) is 13.4. The van der Waals surface area contributed by atoms with E-state index in [2.05, 4.69) is 30.6 Å². The number of anilines is 1. The number of hydrogen-bond donors (Lipinski definition) is 2. The van der Waals surface area contributed by atoms with E-state index in [4.69, 9.17) is 23.2 Å². The fourth-order valence-electron chi connectivity index (χ4n) is 2.18. The molecular formula is C16H14Cl2N6O3S. The van der Waals surface area contributed by atoms with Crippen molar-refractivity contribution in [2.75, 3.05) is 12.4 Å². The molecule has 3 amide bonds. The average Bonchev–Trinajstić information content (AvgIpc) is 3.34. The van der Waals surface area contributed by atoms with Crippen LogP contribution in [0.2, 0.25) is 10.0 Å². The van der Waals surface area contributed by atoms with Gasteiger partial charge in [0, 0.05) is 19.0 Å². The van der Waals surface area contributed by atoms with Gasteiger partial charge in [0.15, 0.2) is 10.8 Å². The van der Waals surface area contributed by atoms with Crippen LogP contribution in [0.4, 0.5) is 9.93 Å². The number of hydrogen-bond acceptors (Lipinski definition) is 7. The second kappa shape index (κ2) is 9.00. The SMILES string of the molecule is CN(Cc1csc(NC(=O)NCc2ccc(Cl)c(Cl)c2)n1)C(=O)c1cnon1. The van der Waals surface area contributed by atoms with Crippen LogP contribution < -0.4 is 10.6 Å². The Kier molecular flexibility index (Phi) is 6.45. The van der Waals surface area contributed by atoms with E-state index in [1.165, 1.54) is 22.4 Å². The summed E-state index contributed by atoms with van der Waals surface area (Å²) in [5, 5.41) is 15.3. The Morgan fingerprint density at radius 2 is 2.11 bits per heavy atom. The molecule has 2 aromatic heterocycles. The van der Waals surface area contributed by atoms with Gasteiger partial charge in [0.2, 0.25) is 0 Å². The summed E-state index contributed by atoms with van der Waals surface area (Å²) in [4.78, 5) is 29.8. The van der Waals surface area contributed by atoms with Crippen molar-refractivity contribution in [3.8, 4) is 0 Å². The molecule has 3 rings (SSSR count). The molecular weight excluding hydrogens is 427 g/mol. The van der Waals surface area contributed by atoms with Gasteiger partial charge in [-0.3, -0.25) is 10.1 Å². The smallest absolute Gasteiger partial charge is 0.321 e. The molecule has 9 nitrogen and oxygen atoms in total. The normalized spacial score (nSPS) is 10.5. The van der Waals surface area contributed by atoms with Gasteiger partial charge in [0.25, 0.3) is 5.91 Å². The predicted molar refractivity (Wildman–Crippen MR) is 105 cm³/mol. The van der Waals surface area contributed by atoms with Crippen LogP contribution in [-0.2, 0) is 13.1 Å². The summed E-state index contributed by atoms with van der Waals surface area (Å²) < 4.78 is 4.42. The number of halogens is 2. The van der Waals surface area contributed by atoms with Gasteiger partial charge in [-0.05, 0) is 22.9 Å². The van der Waals surface area contributed by atoms with Crippen molar-refractivity contribution in [1.29, 1.82) is 0 Å². The van der Waals surface area contributed by atoms with Crippen LogP contribution in [0, 0.1) is 0 Å². The molecule has 1 aromatic carbocycles. The first kappa shape index (κ1) is 20.1. The van der Waals surface area contributed by atoms with Crippen molar-refractivity contribution in [2.24, 2.45) is 0 Å². The zero-order chi connectivity index (χ0) is 20.1. The molecule has 0 unspecified atom stereocenters. The summed E-state index contributed by atoms with van der Waals surface area (Å²) >= 11 is 13.1. The van der Waals surface area contributed by atoms with E-state index < -0.39 is 6.03 Å². The summed E-state index contributed by atoms with van der Waals surface area (Å²) in [6.07, 6.45) is 1.24. The lowest BCUT2D eigenvalue weighted by molar-refractivity contribution is 0.0772. The molecule has 0 aliphatic carbocycles. The van der Waals surface area contributed by atoms with E-state index >= 15 is 0 Å². The maximum atomic E-state index is 12.1. The molecule has 2 heterocycles. The van der Waals surface area contributed by atoms with Crippen molar-refractivity contribution in [2.45, 2.75) is 13.1 Å². The van der Waals surface area contributed by atoms with E-state index in [1.54, 1.807) is 30.6 Å². The minimum atomic E-state index is -0.412. The Balaban J connectivity index is 1.50. The summed E-state index contributed by atoms with van der Waals surface area (Å²) in [5.41, 5.74) is 1.54. The first-order valence-electron chi connectivity index (χ1n) is 7.88. The third kappa shape index (κ3) is 5.18. The molecule has 0 saturated heterocycles. The molecule has 0 saturated carbocycles. The van der Waals surface area contributed by atoms with Crippen molar-refractivity contribution < 1.29 is 14.2 Å². The number of rotatable bonds is 6. The van der Waals surface area contributed by atoms with Crippen LogP contribution >= 0.6 is 34.5 Å². The van der Waals surface area contributed by atoms with Crippen LogP contribution in [0.25, 0.3) is 0 Å². The molecule has 0 radical (unpaired) electrons. The summed E-state index contributed by atoms with van der Waals surface area (Å²) in [7, 11) is 1.60. The number of aromatic nitrogens is 3. The third-order valence-corrected chi connectivity index (χ3v) is 5.08. The lowest BCUT2D eigenvalue weighted by atomic mass is 10.2. The van der Waals surface area contributed by atoms with E-state index in [0.717, 1.165) is 5.56 Å². The van der Waals surface area contributed by atoms with Crippen molar-refractivity contribution in [3.63, 3.8) is 0 Å². The van der Waals surface area contributed by atoms with Crippen molar-refractivity contribution in [3.05, 3.63) is 56.8 Å². The molecule has 146 valence electrons. The average molecular weight is 441 g/mol. The van der Waals surface area contributed by atoms with E-state index in [9.17, 15) is 9.59 Å². The highest BCUT2D eigenvalue weighted by Gasteiger charge is 2.17. The van der Waals surface area contributed by atoms with Crippen LogP contribution in [0.1, 0.15) is 21.7 Å². The molecule has 12 heteroatoms. The molecule has 0 bridgehead atoms. The van der Waals surface area contributed by atoms with Gasteiger partial charge in [-0.1, -0.05) is 34.4 Å². The van der Waals surface area contributed by atoms with Crippen molar-refractivity contribution >= 4 is 51.6 Å². The second-order valence-electron chi connectivity index (χ2n) is 5.65. The zero-order valence-electron chi connectivity index (χ0n) is 14.5. The van der Waals surface area contributed by atoms with Gasteiger partial charge in [-0.2, -0.15) is 0 Å². The predicted octanol–water partition coefficient (Wildman–Crippen LogP) is 3.43. The quantitative estimate of drug-likeness (QED) is 0.606. The maximum absolute atomic E-state index is 12.1. The highest BCUT2D eigenvalue weighted by molar-refractivity contribution is 7.13. The third-order valence-electron chi connectivity index (χ3n) is 3.54. The van der Waals surface area contributed by atoms with E-state index in [1.807, 2.05) is 0 Å². The van der Waals surface area contributed by atoms with Crippen LogP contribution in [-0.4, -0.2) is 39.2 Å². The number of carbonyl (C=O) groups excluding carboxylic acids is 2. The van der Waals surface area contributed by atoms with E-state index in [0.29, 0.717) is 20.9 Å². The fourth-order valence-corrected chi connectivity index (χ4v) is 3.20. The Bertz CT molecular complexity index is 979. The van der Waals surface area contributed by atoms with Crippen LogP contribution in [0.5, 0.6) is 0 Å². The lowest BCUT2D eigenvalue weighted by Crippen LogP contribution is -2.28. The summed E-state index contributed by atoms with van der Waals surface area (Å²) in [5.74, 6) is -0.344. The molecule has 0 aliphatic heterocycles. The number of benzene rings is 1.